The molecule has 0 heterocycles. The van der Waals surface area contributed by atoms with Crippen LogP contribution in [0.2, 0.25) is 0 Å². The molecule has 0 saturated carbocycles. The Hall–Kier alpha value is -5.22. The largest absolute Gasteiger partial charge is 0.480 e. The Kier molecular flexibility index (Phi) is 24.0. The highest BCUT2D eigenvalue weighted by atomic mass is 16.6. The molecule has 0 aliphatic heterocycles. The molecule has 16 heteroatoms. The first-order valence-corrected chi connectivity index (χ1v) is 23.1. The van der Waals surface area contributed by atoms with E-state index < -0.39 is 77.4 Å². The van der Waals surface area contributed by atoms with Crippen LogP contribution < -0.4 is 31.9 Å². The normalized spacial score (nSPS) is 14.0. The minimum atomic E-state index is -1.30. The number of carboxylic acids is 1. The van der Waals surface area contributed by atoms with Crippen LogP contribution in [0.3, 0.4) is 0 Å². The molecule has 2 aromatic carbocycles. The van der Waals surface area contributed by atoms with Crippen LogP contribution in [0.15, 0.2) is 48.5 Å². The number of carboxylic acid groups (broad SMARTS) is 1. The predicted molar refractivity (Wildman–Crippen MR) is 252 cm³/mol. The molecule has 5 atom stereocenters. The van der Waals surface area contributed by atoms with Crippen LogP contribution in [-0.4, -0.2) is 102 Å². The van der Waals surface area contributed by atoms with E-state index in [0.717, 1.165) is 23.1 Å². The summed E-state index contributed by atoms with van der Waals surface area (Å²) in [6.45, 7) is 21.1. The van der Waals surface area contributed by atoms with E-state index in [1.54, 1.807) is 48.5 Å². The summed E-state index contributed by atoms with van der Waals surface area (Å²) in [4.78, 5) is 77.9. The van der Waals surface area contributed by atoms with Gasteiger partial charge < -0.3 is 51.2 Å². The average molecular weight is 911 g/mol. The molecular formula is C49H78N6O10. The Labute approximate surface area is 386 Å². The van der Waals surface area contributed by atoms with Gasteiger partial charge in [-0.25, -0.2) is 14.4 Å². The summed E-state index contributed by atoms with van der Waals surface area (Å²) >= 11 is 0. The number of carbonyl (C=O) groups excluding carboxylic acids is 5. The molecule has 0 aromatic heterocycles. The van der Waals surface area contributed by atoms with E-state index in [1.807, 2.05) is 13.8 Å². The average Bonchev–Trinajstić information content (AvgIpc) is 3.21. The number of rotatable bonds is 27. The Morgan fingerprint density at radius 1 is 0.615 bits per heavy atom. The second kappa shape index (κ2) is 28.0. The van der Waals surface area contributed by atoms with Crippen molar-refractivity contribution < 1.29 is 48.1 Å². The lowest BCUT2D eigenvalue weighted by atomic mass is 10.0. The molecule has 2 rings (SSSR count). The summed E-state index contributed by atoms with van der Waals surface area (Å²) in [6, 6.07) is 12.2. The van der Waals surface area contributed by atoms with Gasteiger partial charge in [0.15, 0.2) is 0 Å². The fraction of sp³-hybridized carbons (Fsp3) is 0.633. The molecule has 0 spiro atoms. The smallest absolute Gasteiger partial charge is 0.408 e. The number of amides is 5. The topological polar surface area (TPSA) is 223 Å². The van der Waals surface area contributed by atoms with E-state index >= 15 is 0 Å². The maximum atomic E-state index is 14.0. The van der Waals surface area contributed by atoms with Crippen molar-refractivity contribution in [1.29, 1.82) is 0 Å². The van der Waals surface area contributed by atoms with E-state index in [0.29, 0.717) is 32.4 Å². The highest BCUT2D eigenvalue weighted by Gasteiger charge is 2.34. The number of ether oxygens (including phenoxy) is 3. The zero-order chi connectivity index (χ0) is 48.7. The van der Waals surface area contributed by atoms with Gasteiger partial charge in [0, 0.05) is 19.7 Å². The van der Waals surface area contributed by atoms with Gasteiger partial charge in [-0.3, -0.25) is 14.4 Å². The summed E-state index contributed by atoms with van der Waals surface area (Å²) in [5.74, 6) is -3.31. The SMILES string of the molecule is CCCCc1ccc(-c2ccc(CNCCC[C@H](NC(=O)OC(C)(C)C)C(=O)N[C@H](C(=O)N[C@@H](C)C(=O)N[C@@H](CCCCNC(=O)OC(C)(C)C)C(=O)O)[C@@H](C)OCC(C)C)cc2)cc1. The molecule has 2 aromatic rings. The zero-order valence-electron chi connectivity index (χ0n) is 40.7. The Morgan fingerprint density at radius 2 is 1.18 bits per heavy atom. The second-order valence-corrected chi connectivity index (χ2v) is 19.0. The van der Waals surface area contributed by atoms with Crippen LogP contribution in [0.25, 0.3) is 11.1 Å². The van der Waals surface area contributed by atoms with Crippen molar-refractivity contribution in [3.8, 4) is 11.1 Å². The summed E-state index contributed by atoms with van der Waals surface area (Å²) in [6.07, 6.45) is 2.72. The van der Waals surface area contributed by atoms with Gasteiger partial charge in [0.25, 0.3) is 0 Å². The monoisotopic (exact) mass is 911 g/mol. The number of nitrogens with one attached hydrogen (secondary N) is 6. The molecule has 0 bridgehead atoms. The van der Waals surface area contributed by atoms with Gasteiger partial charge in [0.1, 0.15) is 35.4 Å². The van der Waals surface area contributed by atoms with Crippen LogP contribution in [0, 0.1) is 5.92 Å². The number of alkyl carbamates (subject to hydrolysis) is 2. The third-order valence-corrected chi connectivity index (χ3v) is 9.94. The predicted octanol–water partition coefficient (Wildman–Crippen LogP) is 6.77. The first-order chi connectivity index (χ1) is 30.5. The molecule has 364 valence electrons. The quantitative estimate of drug-likeness (QED) is 0.0463. The lowest BCUT2D eigenvalue weighted by molar-refractivity contribution is -0.142. The molecule has 0 radical (unpaired) electrons. The molecule has 0 aliphatic rings. The van der Waals surface area contributed by atoms with Crippen LogP contribution in [0.1, 0.15) is 132 Å². The van der Waals surface area contributed by atoms with Crippen LogP contribution in [0.5, 0.6) is 0 Å². The molecule has 0 unspecified atom stereocenters. The van der Waals surface area contributed by atoms with Gasteiger partial charge in [-0.1, -0.05) is 75.7 Å². The van der Waals surface area contributed by atoms with Crippen LogP contribution >= 0.6 is 0 Å². The third-order valence-electron chi connectivity index (χ3n) is 9.94. The van der Waals surface area contributed by atoms with Crippen molar-refractivity contribution in [2.75, 3.05) is 19.7 Å². The van der Waals surface area contributed by atoms with Crippen molar-refractivity contribution in [2.24, 2.45) is 5.92 Å². The number of aliphatic carboxylic acids is 1. The van der Waals surface area contributed by atoms with Gasteiger partial charge in [-0.15, -0.1) is 0 Å². The Bertz CT molecular complexity index is 1790. The lowest BCUT2D eigenvalue weighted by Gasteiger charge is -2.29. The van der Waals surface area contributed by atoms with Crippen molar-refractivity contribution in [3.63, 3.8) is 0 Å². The summed E-state index contributed by atoms with van der Waals surface area (Å²) in [5.41, 5.74) is 3.23. The highest BCUT2D eigenvalue weighted by molar-refractivity contribution is 5.94. The van der Waals surface area contributed by atoms with Gasteiger partial charge in [0.05, 0.1) is 6.10 Å². The zero-order valence-corrected chi connectivity index (χ0v) is 40.7. The van der Waals surface area contributed by atoms with Crippen molar-refractivity contribution in [1.82, 2.24) is 31.9 Å². The number of benzene rings is 2. The first kappa shape index (κ1) is 55.9. The number of carbonyl (C=O) groups is 6. The van der Waals surface area contributed by atoms with E-state index in [-0.39, 0.29) is 31.9 Å². The second-order valence-electron chi connectivity index (χ2n) is 19.0. The van der Waals surface area contributed by atoms with Crippen molar-refractivity contribution in [2.45, 2.75) is 176 Å². The van der Waals surface area contributed by atoms with Gasteiger partial charge >= 0.3 is 18.2 Å². The van der Waals surface area contributed by atoms with Crippen LogP contribution in [0.4, 0.5) is 9.59 Å². The van der Waals surface area contributed by atoms with E-state index in [9.17, 15) is 33.9 Å². The standard InChI is InChI=1S/C49H78N6O10/c1-12-13-17-35-20-24-37(25-21-35)38-26-22-36(23-27-38)30-50-28-16-19-39(54-47(62)65-49(9,10)11)43(57)55-41(34(5)63-31-32(2)3)44(58)52-33(4)42(56)53-40(45(59)60)18-14-15-29-51-46(61)64-48(6,7)8/h20-27,32-34,39-41,50H,12-19,28-31H2,1-11H3,(H,51,61)(H,52,58)(H,53,56)(H,54,62)(H,55,57)(H,59,60)/t33-,34+,39-,40-,41-/m0/s1. The Balaban J connectivity index is 2.08. The number of unbranched alkanes of at least 4 members (excludes halogenated alkanes) is 2. The van der Waals surface area contributed by atoms with Gasteiger partial charge in [-0.2, -0.15) is 0 Å². The minimum absolute atomic E-state index is 0.0693. The first-order valence-electron chi connectivity index (χ1n) is 23.1. The van der Waals surface area contributed by atoms with Crippen molar-refractivity contribution >= 4 is 35.9 Å². The number of hydrogen-bond acceptors (Lipinski definition) is 10. The summed E-state index contributed by atoms with van der Waals surface area (Å²) in [7, 11) is 0. The number of hydrogen-bond donors (Lipinski definition) is 7. The molecule has 0 fully saturated rings. The maximum absolute atomic E-state index is 14.0. The fourth-order valence-corrected chi connectivity index (χ4v) is 6.43. The molecule has 0 aliphatic carbocycles. The molecule has 65 heavy (non-hydrogen) atoms. The summed E-state index contributed by atoms with van der Waals surface area (Å²) in [5, 5.41) is 26.3. The lowest BCUT2D eigenvalue weighted by Crippen LogP contribution is -2.60. The van der Waals surface area contributed by atoms with E-state index in [1.165, 1.54) is 25.3 Å². The van der Waals surface area contributed by atoms with E-state index in [2.05, 4.69) is 87.4 Å². The number of aryl methyl sites for hydroxylation is 1. The molecule has 0 saturated heterocycles. The molecule has 5 amide bonds. The molecule has 16 nitrogen and oxygen atoms in total. The van der Waals surface area contributed by atoms with Crippen LogP contribution in [-0.2, 0) is 46.4 Å². The van der Waals surface area contributed by atoms with Crippen molar-refractivity contribution in [3.05, 3.63) is 59.7 Å². The molecule has 7 N–H and O–H groups in total. The highest BCUT2D eigenvalue weighted by Crippen LogP contribution is 2.21. The van der Waals surface area contributed by atoms with E-state index in [4.69, 9.17) is 14.2 Å². The van der Waals surface area contributed by atoms with Gasteiger partial charge in [0.2, 0.25) is 17.7 Å². The molecular weight excluding hydrogens is 833 g/mol. The minimum Gasteiger partial charge on any atom is -0.480 e. The maximum Gasteiger partial charge on any atom is 0.408 e. The fourth-order valence-electron chi connectivity index (χ4n) is 6.43. The third kappa shape index (κ3) is 23.5. The summed E-state index contributed by atoms with van der Waals surface area (Å²) < 4.78 is 16.6. The van der Waals surface area contributed by atoms with Gasteiger partial charge in [-0.05, 0) is 135 Å². The Morgan fingerprint density at radius 3 is 1.74 bits per heavy atom.